The van der Waals surface area contributed by atoms with Crippen LogP contribution < -0.4 is 5.32 Å². The molecule has 0 aliphatic carbocycles. The molecule has 2 aromatic rings. The topological polar surface area (TPSA) is 25.2 Å². The fourth-order valence-corrected chi connectivity index (χ4v) is 2.42. The number of benzene rings is 1. The molecule has 0 spiro atoms. The molecule has 2 rings (SSSR count). The Morgan fingerprint density at radius 1 is 1.39 bits per heavy atom. The molecule has 0 bridgehead atoms. The normalized spacial score (nSPS) is 12.7. The van der Waals surface area contributed by atoms with Gasteiger partial charge in [-0.1, -0.05) is 13.0 Å². The molecule has 0 radical (unpaired) electrons. The van der Waals surface area contributed by atoms with Crippen LogP contribution in [0.1, 0.15) is 25.5 Å². The molecular formula is C14H15BrFNO. The van der Waals surface area contributed by atoms with Gasteiger partial charge in [-0.25, -0.2) is 4.39 Å². The molecule has 4 heteroatoms. The van der Waals surface area contributed by atoms with Crippen LogP contribution in [0.15, 0.2) is 39.4 Å². The van der Waals surface area contributed by atoms with Crippen molar-refractivity contribution in [3.05, 3.63) is 46.4 Å². The smallest absolute Gasteiger partial charge is 0.148 e. The summed E-state index contributed by atoms with van der Waals surface area (Å²) >= 11 is 3.41. The van der Waals surface area contributed by atoms with Crippen molar-refractivity contribution in [2.24, 2.45) is 0 Å². The highest BCUT2D eigenvalue weighted by Gasteiger charge is 2.16. The minimum Gasteiger partial charge on any atom is -0.463 e. The van der Waals surface area contributed by atoms with Crippen LogP contribution in [0.3, 0.4) is 0 Å². The second-order valence-corrected chi connectivity index (χ2v) is 4.96. The van der Waals surface area contributed by atoms with Crippen LogP contribution in [0, 0.1) is 5.82 Å². The molecule has 0 aliphatic heterocycles. The van der Waals surface area contributed by atoms with E-state index < -0.39 is 0 Å². The predicted molar refractivity (Wildman–Crippen MR) is 73.9 cm³/mol. The maximum atomic E-state index is 13.4. The molecule has 1 aromatic heterocycles. The Hall–Kier alpha value is -1.13. The monoisotopic (exact) mass is 311 g/mol. The third kappa shape index (κ3) is 2.65. The molecule has 0 saturated heterocycles. The Morgan fingerprint density at radius 3 is 2.78 bits per heavy atom. The van der Waals surface area contributed by atoms with Crippen molar-refractivity contribution >= 4 is 15.9 Å². The molecule has 96 valence electrons. The number of furan rings is 1. The summed E-state index contributed by atoms with van der Waals surface area (Å²) in [6.45, 7) is 4.96. The molecule has 0 amide bonds. The number of rotatable bonds is 4. The Labute approximate surface area is 114 Å². The lowest BCUT2D eigenvalue weighted by atomic mass is 9.99. The van der Waals surface area contributed by atoms with Crippen molar-refractivity contribution in [1.29, 1.82) is 0 Å². The third-order valence-corrected chi connectivity index (χ3v) is 3.48. The minimum absolute atomic E-state index is 0.141. The quantitative estimate of drug-likeness (QED) is 0.898. The first-order chi connectivity index (χ1) is 8.63. The highest BCUT2D eigenvalue weighted by molar-refractivity contribution is 9.10. The van der Waals surface area contributed by atoms with E-state index in [2.05, 4.69) is 28.2 Å². The lowest BCUT2D eigenvalue weighted by Crippen LogP contribution is -2.18. The van der Waals surface area contributed by atoms with Crippen LogP contribution in [0.4, 0.5) is 4.39 Å². The Balaban J connectivity index is 2.51. The van der Waals surface area contributed by atoms with E-state index in [0.717, 1.165) is 22.1 Å². The van der Waals surface area contributed by atoms with Crippen LogP contribution in [0.25, 0.3) is 11.3 Å². The Bertz CT molecular complexity index is 538. The molecule has 0 saturated carbocycles. The van der Waals surface area contributed by atoms with E-state index in [0.29, 0.717) is 5.76 Å². The minimum atomic E-state index is -0.263. The second-order valence-electron chi connectivity index (χ2n) is 4.11. The maximum Gasteiger partial charge on any atom is 0.148 e. The van der Waals surface area contributed by atoms with E-state index in [9.17, 15) is 4.39 Å². The van der Waals surface area contributed by atoms with Crippen molar-refractivity contribution in [3.8, 4) is 11.3 Å². The molecule has 0 fully saturated rings. The Kier molecular flexibility index (Phi) is 4.19. The fraction of sp³-hybridized carbons (Fsp3) is 0.286. The van der Waals surface area contributed by atoms with E-state index >= 15 is 0 Å². The average molecular weight is 312 g/mol. The molecule has 2 nitrogen and oxygen atoms in total. The number of hydrogen-bond acceptors (Lipinski definition) is 2. The van der Waals surface area contributed by atoms with Crippen molar-refractivity contribution in [2.75, 3.05) is 6.54 Å². The predicted octanol–water partition coefficient (Wildman–Crippen LogP) is 4.52. The summed E-state index contributed by atoms with van der Waals surface area (Å²) in [5.74, 6) is 0.398. The fourth-order valence-electron chi connectivity index (χ4n) is 2.00. The summed E-state index contributed by atoms with van der Waals surface area (Å²) in [5, 5.41) is 3.32. The van der Waals surface area contributed by atoms with Gasteiger partial charge >= 0.3 is 0 Å². The summed E-state index contributed by atoms with van der Waals surface area (Å²) in [7, 11) is 0. The van der Waals surface area contributed by atoms with Gasteiger partial charge in [-0.2, -0.15) is 0 Å². The maximum absolute atomic E-state index is 13.4. The van der Waals surface area contributed by atoms with Gasteiger partial charge in [0.05, 0.1) is 10.7 Å². The van der Waals surface area contributed by atoms with Gasteiger partial charge in [0.2, 0.25) is 0 Å². The molecule has 1 atom stereocenters. The van der Waals surface area contributed by atoms with Crippen LogP contribution in [-0.4, -0.2) is 6.54 Å². The largest absolute Gasteiger partial charge is 0.463 e. The van der Waals surface area contributed by atoms with E-state index in [1.807, 2.05) is 13.0 Å². The molecule has 1 heterocycles. The summed E-state index contributed by atoms with van der Waals surface area (Å²) in [6.07, 6.45) is 1.59. The zero-order valence-electron chi connectivity index (χ0n) is 10.3. The highest BCUT2D eigenvalue weighted by atomic mass is 79.9. The molecule has 1 unspecified atom stereocenters. The lowest BCUT2D eigenvalue weighted by Gasteiger charge is -2.16. The van der Waals surface area contributed by atoms with Gasteiger partial charge in [0, 0.05) is 11.6 Å². The summed E-state index contributed by atoms with van der Waals surface area (Å²) in [6, 6.07) is 6.73. The summed E-state index contributed by atoms with van der Waals surface area (Å²) in [5.41, 5.74) is 1.80. The standard InChI is InChI=1S/C14H15BrFNO/c1-3-17-9(2)11-5-4-10(16)8-12(11)14-13(15)6-7-18-14/h4-9,17H,3H2,1-2H3. The molecule has 18 heavy (non-hydrogen) atoms. The van der Waals surface area contributed by atoms with Crippen LogP contribution in [0.5, 0.6) is 0 Å². The molecule has 1 N–H and O–H groups in total. The Morgan fingerprint density at radius 2 is 2.17 bits per heavy atom. The number of halogens is 2. The van der Waals surface area contributed by atoms with E-state index in [1.165, 1.54) is 12.1 Å². The van der Waals surface area contributed by atoms with Gasteiger partial charge in [-0.15, -0.1) is 0 Å². The number of nitrogens with one attached hydrogen (secondary N) is 1. The van der Waals surface area contributed by atoms with Crippen LogP contribution in [-0.2, 0) is 0 Å². The average Bonchev–Trinajstić information content (AvgIpc) is 2.75. The van der Waals surface area contributed by atoms with Gasteiger partial charge in [0.15, 0.2) is 0 Å². The van der Waals surface area contributed by atoms with Crippen LogP contribution >= 0.6 is 15.9 Å². The van der Waals surface area contributed by atoms with Crippen LogP contribution in [0.2, 0.25) is 0 Å². The number of hydrogen-bond donors (Lipinski definition) is 1. The van der Waals surface area contributed by atoms with Crippen molar-refractivity contribution in [3.63, 3.8) is 0 Å². The molecule has 0 aliphatic rings. The first kappa shape index (κ1) is 13.3. The van der Waals surface area contributed by atoms with Crippen molar-refractivity contribution in [2.45, 2.75) is 19.9 Å². The van der Waals surface area contributed by atoms with E-state index in [-0.39, 0.29) is 11.9 Å². The second kappa shape index (κ2) is 5.67. The van der Waals surface area contributed by atoms with Gasteiger partial charge in [0.25, 0.3) is 0 Å². The lowest BCUT2D eigenvalue weighted by molar-refractivity contribution is 0.567. The first-order valence-electron chi connectivity index (χ1n) is 5.89. The van der Waals surface area contributed by atoms with E-state index in [4.69, 9.17) is 4.42 Å². The zero-order valence-corrected chi connectivity index (χ0v) is 11.9. The summed E-state index contributed by atoms with van der Waals surface area (Å²) < 4.78 is 19.7. The first-order valence-corrected chi connectivity index (χ1v) is 6.69. The zero-order chi connectivity index (χ0) is 13.1. The van der Waals surface area contributed by atoms with Crippen molar-refractivity contribution in [1.82, 2.24) is 5.32 Å². The SMILES string of the molecule is CCNC(C)c1ccc(F)cc1-c1occc1Br. The van der Waals surface area contributed by atoms with Crippen molar-refractivity contribution < 1.29 is 8.81 Å². The van der Waals surface area contributed by atoms with Gasteiger partial charge in [0.1, 0.15) is 11.6 Å². The summed E-state index contributed by atoms with van der Waals surface area (Å²) in [4.78, 5) is 0. The highest BCUT2D eigenvalue weighted by Crippen LogP contribution is 2.34. The third-order valence-electron chi connectivity index (χ3n) is 2.85. The van der Waals surface area contributed by atoms with Gasteiger partial charge in [-0.3, -0.25) is 0 Å². The van der Waals surface area contributed by atoms with Gasteiger partial charge < -0.3 is 9.73 Å². The molecule has 1 aromatic carbocycles. The van der Waals surface area contributed by atoms with Gasteiger partial charge in [-0.05, 0) is 53.2 Å². The van der Waals surface area contributed by atoms with E-state index in [1.54, 1.807) is 12.3 Å². The molecular weight excluding hydrogens is 297 g/mol.